The highest BCUT2D eigenvalue weighted by atomic mass is 16.2. The summed E-state index contributed by atoms with van der Waals surface area (Å²) in [5, 5.41) is 6.90. The molecule has 0 spiro atoms. The number of fused-ring (bicyclic) bond motifs is 3. The van der Waals surface area contributed by atoms with Crippen molar-refractivity contribution in [3.05, 3.63) is 72.8 Å². The summed E-state index contributed by atoms with van der Waals surface area (Å²) in [7, 11) is 0. The largest absolute Gasteiger partial charge is 0.332 e. The van der Waals surface area contributed by atoms with Crippen LogP contribution in [0.4, 0.5) is 0 Å². The molecule has 3 atom stereocenters. The first-order valence-corrected chi connectivity index (χ1v) is 10.6. The van der Waals surface area contributed by atoms with Crippen molar-refractivity contribution >= 4 is 16.9 Å². The Morgan fingerprint density at radius 3 is 2.83 bits per heavy atom. The van der Waals surface area contributed by atoms with Crippen LogP contribution in [-0.2, 0) is 6.54 Å². The topological polar surface area (TPSA) is 66.8 Å². The number of imidazole rings is 1. The van der Waals surface area contributed by atoms with Gasteiger partial charge in [0, 0.05) is 36.0 Å². The second-order valence-corrected chi connectivity index (χ2v) is 8.46. The number of aromatic nitrogens is 4. The number of benzene rings is 2. The molecule has 3 unspecified atom stereocenters. The minimum absolute atomic E-state index is 0.186. The van der Waals surface area contributed by atoms with Gasteiger partial charge in [-0.15, -0.1) is 0 Å². The Hall–Kier alpha value is -3.41. The van der Waals surface area contributed by atoms with E-state index in [1.807, 2.05) is 49.1 Å². The number of aromatic amines is 1. The maximum Gasteiger partial charge on any atom is 0.254 e. The highest BCUT2D eigenvalue weighted by Crippen LogP contribution is 2.43. The summed E-state index contributed by atoms with van der Waals surface area (Å²) in [6, 6.07) is 16.8. The van der Waals surface area contributed by atoms with Crippen molar-refractivity contribution in [3.63, 3.8) is 0 Å². The number of carbonyl (C=O) groups excluding carboxylic acids is 1. The fourth-order valence-corrected chi connectivity index (χ4v) is 5.41. The predicted molar refractivity (Wildman–Crippen MR) is 115 cm³/mol. The molecule has 2 saturated heterocycles. The van der Waals surface area contributed by atoms with E-state index in [2.05, 4.69) is 42.8 Å². The third-order valence-electron chi connectivity index (χ3n) is 6.80. The van der Waals surface area contributed by atoms with Crippen LogP contribution >= 0.6 is 0 Å². The molecule has 1 amide bonds. The lowest BCUT2D eigenvalue weighted by molar-refractivity contribution is 0.0717. The van der Waals surface area contributed by atoms with Crippen LogP contribution in [0.1, 0.15) is 29.6 Å². The molecule has 0 saturated carbocycles. The molecule has 4 aromatic rings. The van der Waals surface area contributed by atoms with Crippen LogP contribution in [-0.4, -0.2) is 42.6 Å². The quantitative estimate of drug-likeness (QED) is 0.563. The average molecular weight is 397 g/mol. The number of carbonyl (C=O) groups is 1. The van der Waals surface area contributed by atoms with Gasteiger partial charge in [-0.25, -0.2) is 4.98 Å². The van der Waals surface area contributed by atoms with Crippen LogP contribution in [0.25, 0.3) is 22.2 Å². The van der Waals surface area contributed by atoms with Crippen LogP contribution < -0.4 is 0 Å². The number of rotatable bonds is 4. The number of H-pyrrole nitrogens is 1. The molecular formula is C24H23N5O. The van der Waals surface area contributed by atoms with E-state index in [1.54, 1.807) is 0 Å². The van der Waals surface area contributed by atoms with Crippen molar-refractivity contribution in [2.75, 3.05) is 0 Å². The predicted octanol–water partition coefficient (Wildman–Crippen LogP) is 4.12. The van der Waals surface area contributed by atoms with Gasteiger partial charge < -0.3 is 9.47 Å². The zero-order chi connectivity index (χ0) is 20.1. The minimum atomic E-state index is 0.186. The molecule has 6 rings (SSSR count). The zero-order valence-corrected chi connectivity index (χ0v) is 16.6. The number of hydrogen-bond donors (Lipinski definition) is 1. The standard InChI is InChI=1S/C24H23N5O/c30-24(16-4-2-1-3-5-16)29-20-7-9-22(29)18(10-20)14-28-15-25-21-11-17(6-8-23(21)28)19-12-26-27-13-19/h1-6,8,11-13,15,18,20,22H,7,9-10,14H2,(H,26,27). The molecule has 1 N–H and O–H groups in total. The van der Waals surface area contributed by atoms with E-state index >= 15 is 0 Å². The van der Waals surface area contributed by atoms with Gasteiger partial charge in [0.2, 0.25) is 0 Å². The van der Waals surface area contributed by atoms with Gasteiger partial charge in [-0.3, -0.25) is 9.89 Å². The van der Waals surface area contributed by atoms with Gasteiger partial charge in [0.15, 0.2) is 0 Å². The summed E-state index contributed by atoms with van der Waals surface area (Å²) in [4.78, 5) is 19.9. The summed E-state index contributed by atoms with van der Waals surface area (Å²) in [5.41, 5.74) is 5.12. The summed E-state index contributed by atoms with van der Waals surface area (Å²) >= 11 is 0. The fourth-order valence-electron chi connectivity index (χ4n) is 5.41. The van der Waals surface area contributed by atoms with E-state index < -0.39 is 0 Å². The summed E-state index contributed by atoms with van der Waals surface area (Å²) < 4.78 is 2.25. The third kappa shape index (κ3) is 2.75. The first-order chi connectivity index (χ1) is 14.8. The fraction of sp³-hybridized carbons (Fsp3) is 0.292. The molecule has 0 radical (unpaired) electrons. The lowest BCUT2D eigenvalue weighted by atomic mass is 9.89. The monoisotopic (exact) mass is 397 g/mol. The molecule has 150 valence electrons. The lowest BCUT2D eigenvalue weighted by Crippen LogP contribution is -2.37. The zero-order valence-electron chi connectivity index (χ0n) is 16.6. The number of nitrogens with zero attached hydrogens (tertiary/aromatic N) is 4. The molecule has 30 heavy (non-hydrogen) atoms. The molecule has 2 aromatic heterocycles. The highest BCUT2D eigenvalue weighted by molar-refractivity contribution is 5.95. The molecule has 2 fully saturated rings. The summed E-state index contributed by atoms with van der Waals surface area (Å²) in [5.74, 6) is 0.660. The van der Waals surface area contributed by atoms with Gasteiger partial charge in [-0.1, -0.05) is 24.3 Å². The van der Waals surface area contributed by atoms with Gasteiger partial charge >= 0.3 is 0 Å². The van der Waals surface area contributed by atoms with Crippen LogP contribution in [0, 0.1) is 5.92 Å². The van der Waals surface area contributed by atoms with Crippen LogP contribution in [0.2, 0.25) is 0 Å². The molecular weight excluding hydrogens is 374 g/mol. The third-order valence-corrected chi connectivity index (χ3v) is 6.80. The van der Waals surface area contributed by atoms with Gasteiger partial charge in [0.05, 0.1) is 23.6 Å². The molecule has 2 aliphatic heterocycles. The Labute approximate surface area is 174 Å². The molecule has 2 bridgehead atoms. The molecule has 6 nitrogen and oxygen atoms in total. The Morgan fingerprint density at radius 1 is 1.10 bits per heavy atom. The Kier molecular flexibility index (Phi) is 3.97. The van der Waals surface area contributed by atoms with Crippen LogP contribution in [0.5, 0.6) is 0 Å². The SMILES string of the molecule is O=C(c1ccccc1)N1C2CCC1C(Cn1cnc3cc(-c4cn[nH]c4)ccc31)C2. The average Bonchev–Trinajstić information content (AvgIpc) is 3.58. The van der Waals surface area contributed by atoms with E-state index in [4.69, 9.17) is 0 Å². The maximum absolute atomic E-state index is 13.1. The number of amides is 1. The molecule has 0 aliphatic carbocycles. The first-order valence-electron chi connectivity index (χ1n) is 10.6. The van der Waals surface area contributed by atoms with E-state index in [0.717, 1.165) is 53.5 Å². The second-order valence-electron chi connectivity index (χ2n) is 8.46. The van der Waals surface area contributed by atoms with E-state index in [-0.39, 0.29) is 5.91 Å². The van der Waals surface area contributed by atoms with Crippen molar-refractivity contribution in [2.45, 2.75) is 37.9 Å². The van der Waals surface area contributed by atoms with E-state index in [9.17, 15) is 4.79 Å². The smallest absolute Gasteiger partial charge is 0.254 e. The number of nitrogens with one attached hydrogen (secondary N) is 1. The second kappa shape index (κ2) is 6.83. The van der Waals surface area contributed by atoms with E-state index in [1.165, 1.54) is 0 Å². The van der Waals surface area contributed by atoms with Crippen LogP contribution in [0.15, 0.2) is 67.3 Å². The Bertz CT molecular complexity index is 1200. The lowest BCUT2D eigenvalue weighted by Gasteiger charge is -2.25. The Balaban J connectivity index is 1.24. The molecule has 2 aliphatic rings. The van der Waals surface area contributed by atoms with Gasteiger partial charge in [-0.05, 0) is 55.0 Å². The number of hydrogen-bond acceptors (Lipinski definition) is 3. The molecule has 4 heterocycles. The summed E-state index contributed by atoms with van der Waals surface area (Å²) in [6.45, 7) is 0.904. The van der Waals surface area contributed by atoms with Crippen molar-refractivity contribution in [3.8, 4) is 11.1 Å². The van der Waals surface area contributed by atoms with Crippen molar-refractivity contribution in [2.24, 2.45) is 5.92 Å². The van der Waals surface area contributed by atoms with Crippen LogP contribution in [0.3, 0.4) is 0 Å². The van der Waals surface area contributed by atoms with Crippen molar-refractivity contribution < 1.29 is 4.79 Å². The normalized spacial score (nSPS) is 22.8. The highest BCUT2D eigenvalue weighted by Gasteiger charge is 2.48. The van der Waals surface area contributed by atoms with Gasteiger partial charge in [0.1, 0.15) is 0 Å². The van der Waals surface area contributed by atoms with Crippen molar-refractivity contribution in [1.29, 1.82) is 0 Å². The minimum Gasteiger partial charge on any atom is -0.332 e. The van der Waals surface area contributed by atoms with Gasteiger partial charge in [-0.2, -0.15) is 5.10 Å². The molecule has 2 aromatic carbocycles. The Morgan fingerprint density at radius 2 is 2.00 bits per heavy atom. The van der Waals surface area contributed by atoms with Crippen molar-refractivity contribution in [1.82, 2.24) is 24.6 Å². The first kappa shape index (κ1) is 17.4. The summed E-state index contributed by atoms with van der Waals surface area (Å²) in [6.07, 6.45) is 8.97. The molecule has 6 heteroatoms. The van der Waals surface area contributed by atoms with E-state index in [0.29, 0.717) is 18.0 Å². The van der Waals surface area contributed by atoms with Gasteiger partial charge in [0.25, 0.3) is 5.91 Å². The maximum atomic E-state index is 13.1.